The highest BCUT2D eigenvalue weighted by atomic mass is 16.7. The Balaban J connectivity index is 2.09. The van der Waals surface area contributed by atoms with Gasteiger partial charge in [0.1, 0.15) is 5.75 Å². The SMILES string of the molecule is COc1cccc2[nH]c(B3OC(C)(C)C(C)(C)O3)c(C)c12. The highest BCUT2D eigenvalue weighted by molar-refractivity contribution is 6.62. The normalized spacial score (nSPS) is 20.2. The van der Waals surface area contributed by atoms with Crippen LogP contribution in [0.4, 0.5) is 0 Å². The van der Waals surface area contributed by atoms with E-state index >= 15 is 0 Å². The summed E-state index contributed by atoms with van der Waals surface area (Å²) >= 11 is 0. The molecule has 5 heteroatoms. The van der Waals surface area contributed by atoms with Gasteiger partial charge in [0.25, 0.3) is 0 Å². The number of methoxy groups -OCH3 is 1. The molecule has 0 saturated carbocycles. The molecule has 0 radical (unpaired) electrons. The minimum absolute atomic E-state index is 0.342. The fourth-order valence-corrected chi connectivity index (χ4v) is 2.76. The van der Waals surface area contributed by atoms with Gasteiger partial charge in [-0.05, 0) is 52.3 Å². The lowest BCUT2D eigenvalue weighted by Gasteiger charge is -2.32. The molecule has 1 aromatic carbocycles. The molecule has 2 heterocycles. The smallest absolute Gasteiger partial charge is 0.496 e. The average Bonchev–Trinajstić information content (AvgIpc) is 2.84. The number of ether oxygens (including phenoxy) is 1. The van der Waals surface area contributed by atoms with E-state index in [0.29, 0.717) is 0 Å². The number of aromatic amines is 1. The molecule has 2 aromatic rings. The van der Waals surface area contributed by atoms with Crippen molar-refractivity contribution in [2.45, 2.75) is 45.8 Å². The predicted molar refractivity (Wildman–Crippen MR) is 85.3 cm³/mol. The Bertz CT molecular complexity index is 674. The van der Waals surface area contributed by atoms with Crippen LogP contribution in [0.2, 0.25) is 0 Å². The first-order valence-electron chi connectivity index (χ1n) is 7.27. The number of nitrogens with one attached hydrogen (secondary N) is 1. The van der Waals surface area contributed by atoms with Gasteiger partial charge >= 0.3 is 7.12 Å². The van der Waals surface area contributed by atoms with E-state index in [9.17, 15) is 0 Å². The summed E-state index contributed by atoms with van der Waals surface area (Å²) in [5.41, 5.74) is 2.43. The van der Waals surface area contributed by atoms with Gasteiger partial charge in [0, 0.05) is 16.5 Å². The number of aromatic nitrogens is 1. The molecule has 21 heavy (non-hydrogen) atoms. The second-order valence-corrected chi connectivity index (χ2v) is 6.63. The maximum atomic E-state index is 6.14. The van der Waals surface area contributed by atoms with Crippen molar-refractivity contribution in [3.8, 4) is 5.75 Å². The van der Waals surface area contributed by atoms with Crippen molar-refractivity contribution < 1.29 is 14.0 Å². The summed E-state index contributed by atoms with van der Waals surface area (Å²) in [6, 6.07) is 5.99. The molecule has 0 atom stereocenters. The van der Waals surface area contributed by atoms with Crippen molar-refractivity contribution >= 4 is 23.6 Å². The fraction of sp³-hybridized carbons (Fsp3) is 0.500. The van der Waals surface area contributed by atoms with Gasteiger partial charge in [-0.2, -0.15) is 0 Å². The first kappa shape index (κ1) is 14.5. The molecular weight excluding hydrogens is 265 g/mol. The van der Waals surface area contributed by atoms with E-state index in [1.54, 1.807) is 7.11 Å². The lowest BCUT2D eigenvalue weighted by Crippen LogP contribution is -2.41. The lowest BCUT2D eigenvalue weighted by atomic mass is 9.82. The first-order chi connectivity index (χ1) is 9.77. The molecule has 1 aliphatic rings. The highest BCUT2D eigenvalue weighted by Gasteiger charge is 2.52. The van der Waals surface area contributed by atoms with Crippen LogP contribution in [-0.2, 0) is 9.31 Å². The molecule has 1 fully saturated rings. The molecule has 0 aliphatic carbocycles. The second kappa shape index (κ2) is 4.52. The summed E-state index contributed by atoms with van der Waals surface area (Å²) in [6.07, 6.45) is 0. The Morgan fingerprint density at radius 1 is 1.10 bits per heavy atom. The number of H-pyrrole nitrogens is 1. The number of hydrogen-bond donors (Lipinski definition) is 1. The van der Waals surface area contributed by atoms with Crippen molar-refractivity contribution in [2.24, 2.45) is 0 Å². The molecule has 1 aliphatic heterocycles. The van der Waals surface area contributed by atoms with Gasteiger partial charge < -0.3 is 19.0 Å². The third kappa shape index (κ3) is 2.07. The zero-order valence-electron chi connectivity index (χ0n) is 13.5. The molecule has 0 amide bonds. The van der Waals surface area contributed by atoms with Crippen molar-refractivity contribution in [3.05, 3.63) is 23.8 Å². The average molecular weight is 287 g/mol. The molecule has 4 nitrogen and oxygen atoms in total. The van der Waals surface area contributed by atoms with Crippen LogP contribution in [0.3, 0.4) is 0 Å². The van der Waals surface area contributed by atoms with E-state index in [2.05, 4.69) is 39.6 Å². The third-order valence-corrected chi connectivity index (χ3v) is 4.78. The number of benzene rings is 1. The van der Waals surface area contributed by atoms with Crippen LogP contribution in [0.1, 0.15) is 33.3 Å². The van der Waals surface area contributed by atoms with E-state index in [1.807, 2.05) is 18.2 Å². The molecule has 112 valence electrons. The molecule has 0 spiro atoms. The largest absolute Gasteiger partial charge is 0.512 e. The summed E-state index contributed by atoms with van der Waals surface area (Å²) in [4.78, 5) is 3.43. The van der Waals surface area contributed by atoms with Gasteiger partial charge in [-0.25, -0.2) is 0 Å². The Morgan fingerprint density at radius 2 is 1.71 bits per heavy atom. The van der Waals surface area contributed by atoms with E-state index in [0.717, 1.165) is 27.8 Å². The van der Waals surface area contributed by atoms with E-state index in [1.165, 1.54) is 0 Å². The van der Waals surface area contributed by atoms with Gasteiger partial charge in [-0.15, -0.1) is 0 Å². The fourth-order valence-electron chi connectivity index (χ4n) is 2.76. The molecule has 1 saturated heterocycles. The van der Waals surface area contributed by atoms with Crippen molar-refractivity contribution in [1.29, 1.82) is 0 Å². The minimum Gasteiger partial charge on any atom is -0.496 e. The van der Waals surface area contributed by atoms with Crippen LogP contribution in [-0.4, -0.2) is 30.4 Å². The van der Waals surface area contributed by atoms with Gasteiger partial charge in [0.05, 0.1) is 18.3 Å². The Labute approximate surface area is 125 Å². The van der Waals surface area contributed by atoms with Crippen LogP contribution in [0.15, 0.2) is 18.2 Å². The van der Waals surface area contributed by atoms with Gasteiger partial charge in [-0.3, -0.25) is 0 Å². The maximum Gasteiger partial charge on any atom is 0.512 e. The maximum absolute atomic E-state index is 6.14. The number of rotatable bonds is 2. The minimum atomic E-state index is -0.382. The molecule has 1 N–H and O–H groups in total. The summed E-state index contributed by atoms with van der Waals surface area (Å²) < 4.78 is 17.7. The summed E-state index contributed by atoms with van der Waals surface area (Å²) in [7, 11) is 1.31. The predicted octanol–water partition coefficient (Wildman–Crippen LogP) is 2.78. The first-order valence-corrected chi connectivity index (χ1v) is 7.27. The van der Waals surface area contributed by atoms with E-state index in [-0.39, 0.29) is 18.3 Å². The van der Waals surface area contributed by atoms with Gasteiger partial charge in [-0.1, -0.05) is 6.07 Å². The zero-order chi connectivity index (χ0) is 15.4. The topological polar surface area (TPSA) is 43.5 Å². The van der Waals surface area contributed by atoms with Crippen LogP contribution in [0, 0.1) is 6.92 Å². The van der Waals surface area contributed by atoms with Crippen LogP contribution in [0.25, 0.3) is 10.9 Å². The van der Waals surface area contributed by atoms with Crippen LogP contribution >= 0.6 is 0 Å². The molecule has 1 aromatic heterocycles. The second-order valence-electron chi connectivity index (χ2n) is 6.63. The quantitative estimate of drug-likeness (QED) is 0.864. The monoisotopic (exact) mass is 287 g/mol. The number of aryl methyl sites for hydroxylation is 1. The molecule has 0 bridgehead atoms. The summed E-state index contributed by atoms with van der Waals surface area (Å²) in [5.74, 6) is 0.865. The van der Waals surface area contributed by atoms with Crippen molar-refractivity contribution in [1.82, 2.24) is 4.98 Å². The van der Waals surface area contributed by atoms with E-state index in [4.69, 9.17) is 14.0 Å². The van der Waals surface area contributed by atoms with Crippen molar-refractivity contribution in [2.75, 3.05) is 7.11 Å². The van der Waals surface area contributed by atoms with Gasteiger partial charge in [0.2, 0.25) is 0 Å². The third-order valence-electron chi connectivity index (χ3n) is 4.78. The standard InChI is InChI=1S/C16H22BNO3/c1-10-13-11(8-7-9-12(13)19-6)18-14(10)17-20-15(2,3)16(4,5)21-17/h7-9,18H,1-6H3. The molecule has 3 rings (SSSR count). The Hall–Kier alpha value is -1.46. The van der Waals surface area contributed by atoms with Crippen LogP contribution < -0.4 is 10.3 Å². The van der Waals surface area contributed by atoms with Crippen LogP contribution in [0.5, 0.6) is 5.75 Å². The zero-order valence-corrected chi connectivity index (χ0v) is 13.5. The number of fused-ring (bicyclic) bond motifs is 1. The van der Waals surface area contributed by atoms with Crippen molar-refractivity contribution in [3.63, 3.8) is 0 Å². The Kier molecular flexibility index (Phi) is 3.12. The molecular formula is C16H22BNO3. The Morgan fingerprint density at radius 3 is 2.29 bits per heavy atom. The van der Waals surface area contributed by atoms with Gasteiger partial charge in [0.15, 0.2) is 0 Å². The lowest BCUT2D eigenvalue weighted by molar-refractivity contribution is 0.00578. The number of hydrogen-bond acceptors (Lipinski definition) is 3. The highest BCUT2D eigenvalue weighted by Crippen LogP contribution is 2.37. The summed E-state index contributed by atoms with van der Waals surface area (Å²) in [6.45, 7) is 10.3. The molecule has 0 unspecified atom stereocenters. The summed E-state index contributed by atoms with van der Waals surface area (Å²) in [5, 5.41) is 1.09. The van der Waals surface area contributed by atoms with E-state index < -0.39 is 0 Å².